The Hall–Kier alpha value is -1.12. The van der Waals surface area contributed by atoms with Gasteiger partial charge in [-0.1, -0.05) is 31.2 Å². The first-order chi connectivity index (χ1) is 9.29. The lowest BCUT2D eigenvalue weighted by Crippen LogP contribution is -2.15. The van der Waals surface area contributed by atoms with Gasteiger partial charge in [-0.3, -0.25) is 0 Å². The van der Waals surface area contributed by atoms with E-state index in [4.69, 9.17) is 0 Å². The minimum absolute atomic E-state index is 0.280. The highest BCUT2D eigenvalue weighted by molar-refractivity contribution is 7.10. The second kappa shape index (κ2) is 5.48. The quantitative estimate of drug-likeness (QED) is 0.874. The fraction of sp³-hybridized carbons (Fsp3) is 0.412. The molecule has 0 fully saturated rings. The van der Waals surface area contributed by atoms with Crippen molar-refractivity contribution in [3.05, 3.63) is 57.3 Å². The lowest BCUT2D eigenvalue weighted by Gasteiger charge is -2.27. The standard InChI is InChI=1S/C17H20OS/c1-2-12-6-8-13(9-7-12)17(18)15-4-3-5-16-14(15)10-11-19-16/h6-11,15,17-18H,2-5H2,1H3. The Bertz CT molecular complexity index is 541. The van der Waals surface area contributed by atoms with Crippen LogP contribution in [0.3, 0.4) is 0 Å². The summed E-state index contributed by atoms with van der Waals surface area (Å²) in [6.07, 6.45) is 4.17. The molecule has 1 heterocycles. The first-order valence-electron chi connectivity index (χ1n) is 7.12. The fourth-order valence-corrected chi connectivity index (χ4v) is 4.03. The van der Waals surface area contributed by atoms with Gasteiger partial charge in [-0.25, -0.2) is 0 Å². The van der Waals surface area contributed by atoms with Gasteiger partial charge in [0, 0.05) is 10.8 Å². The smallest absolute Gasteiger partial charge is 0.0858 e. The third kappa shape index (κ3) is 2.47. The summed E-state index contributed by atoms with van der Waals surface area (Å²) < 4.78 is 0. The number of aryl methyl sites for hydroxylation is 2. The number of thiophene rings is 1. The maximum Gasteiger partial charge on any atom is 0.0858 e. The lowest BCUT2D eigenvalue weighted by atomic mass is 9.81. The third-order valence-electron chi connectivity index (χ3n) is 4.21. The van der Waals surface area contributed by atoms with Gasteiger partial charge < -0.3 is 5.11 Å². The lowest BCUT2D eigenvalue weighted by molar-refractivity contribution is 0.136. The van der Waals surface area contributed by atoms with Gasteiger partial charge in [-0.05, 0) is 53.8 Å². The van der Waals surface area contributed by atoms with Crippen molar-refractivity contribution in [2.75, 3.05) is 0 Å². The van der Waals surface area contributed by atoms with Crippen LogP contribution in [-0.4, -0.2) is 5.11 Å². The van der Waals surface area contributed by atoms with E-state index in [2.05, 4.69) is 42.6 Å². The Morgan fingerprint density at radius 3 is 2.79 bits per heavy atom. The van der Waals surface area contributed by atoms with Crippen molar-refractivity contribution in [2.24, 2.45) is 0 Å². The number of rotatable bonds is 3. The molecule has 0 aliphatic heterocycles. The Labute approximate surface area is 118 Å². The van der Waals surface area contributed by atoms with Crippen LogP contribution < -0.4 is 0 Å². The Morgan fingerprint density at radius 1 is 1.26 bits per heavy atom. The van der Waals surface area contributed by atoms with Gasteiger partial charge in [-0.15, -0.1) is 11.3 Å². The Kier molecular flexibility index (Phi) is 3.72. The maximum atomic E-state index is 10.7. The zero-order chi connectivity index (χ0) is 13.2. The largest absolute Gasteiger partial charge is 0.388 e. The molecule has 0 amide bonds. The van der Waals surface area contributed by atoms with Gasteiger partial charge in [0.15, 0.2) is 0 Å². The number of hydrogen-bond donors (Lipinski definition) is 1. The molecule has 100 valence electrons. The van der Waals surface area contributed by atoms with Gasteiger partial charge in [-0.2, -0.15) is 0 Å². The molecule has 0 saturated heterocycles. The number of hydrogen-bond acceptors (Lipinski definition) is 2. The van der Waals surface area contributed by atoms with Gasteiger partial charge in [0.2, 0.25) is 0 Å². The monoisotopic (exact) mass is 272 g/mol. The van der Waals surface area contributed by atoms with Crippen LogP contribution in [0.1, 0.15) is 53.4 Å². The zero-order valence-corrected chi connectivity index (χ0v) is 12.1. The van der Waals surface area contributed by atoms with Crippen molar-refractivity contribution in [1.82, 2.24) is 0 Å². The first-order valence-corrected chi connectivity index (χ1v) is 8.00. The van der Waals surface area contributed by atoms with Crippen LogP contribution in [0.15, 0.2) is 35.7 Å². The van der Waals surface area contributed by atoms with E-state index in [0.29, 0.717) is 0 Å². The van der Waals surface area contributed by atoms with Crippen LogP contribution in [0.2, 0.25) is 0 Å². The molecule has 1 nitrogen and oxygen atoms in total. The van der Waals surface area contributed by atoms with Crippen LogP contribution in [0.25, 0.3) is 0 Å². The van der Waals surface area contributed by atoms with Gasteiger partial charge in [0.1, 0.15) is 0 Å². The van der Waals surface area contributed by atoms with Crippen LogP contribution in [-0.2, 0) is 12.8 Å². The van der Waals surface area contributed by atoms with Gasteiger partial charge in [0.05, 0.1) is 6.10 Å². The summed E-state index contributed by atoms with van der Waals surface area (Å²) in [6.45, 7) is 2.16. The maximum absolute atomic E-state index is 10.7. The number of aliphatic hydroxyl groups excluding tert-OH is 1. The molecule has 1 aliphatic carbocycles. The van der Waals surface area contributed by atoms with Crippen molar-refractivity contribution in [3.63, 3.8) is 0 Å². The molecule has 0 spiro atoms. The van der Waals surface area contributed by atoms with Crippen molar-refractivity contribution in [3.8, 4) is 0 Å². The van der Waals surface area contributed by atoms with Gasteiger partial charge >= 0.3 is 0 Å². The normalized spacial score (nSPS) is 20.0. The summed E-state index contributed by atoms with van der Waals surface area (Å²) in [7, 11) is 0. The highest BCUT2D eigenvalue weighted by atomic mass is 32.1. The number of fused-ring (bicyclic) bond motifs is 1. The van der Waals surface area contributed by atoms with Crippen molar-refractivity contribution in [2.45, 2.75) is 44.6 Å². The second-order valence-corrected chi connectivity index (χ2v) is 6.34. The SMILES string of the molecule is CCc1ccc(C(O)C2CCCc3sccc32)cc1. The molecule has 2 unspecified atom stereocenters. The van der Waals surface area contributed by atoms with E-state index in [9.17, 15) is 5.11 Å². The Balaban J connectivity index is 1.86. The second-order valence-electron chi connectivity index (χ2n) is 5.34. The molecule has 2 heteroatoms. The predicted octanol–water partition coefficient (Wildman–Crippen LogP) is 4.46. The molecule has 1 N–H and O–H groups in total. The molecule has 3 rings (SSSR count). The van der Waals surface area contributed by atoms with Crippen LogP contribution in [0.4, 0.5) is 0 Å². The number of aliphatic hydroxyl groups is 1. The molecule has 0 bridgehead atoms. The average Bonchev–Trinajstić information content (AvgIpc) is 2.95. The molecule has 0 saturated carbocycles. The Morgan fingerprint density at radius 2 is 2.05 bits per heavy atom. The molecule has 1 aromatic carbocycles. The highest BCUT2D eigenvalue weighted by Crippen LogP contribution is 2.42. The van der Waals surface area contributed by atoms with Crippen LogP contribution >= 0.6 is 11.3 Å². The molecule has 19 heavy (non-hydrogen) atoms. The van der Waals surface area contributed by atoms with E-state index in [1.807, 2.05) is 11.3 Å². The van der Waals surface area contributed by atoms with E-state index < -0.39 is 0 Å². The molecular formula is C17H20OS. The first kappa shape index (κ1) is 12.9. The summed E-state index contributed by atoms with van der Waals surface area (Å²) in [5.41, 5.74) is 3.76. The molecule has 2 aromatic rings. The van der Waals surface area contributed by atoms with E-state index in [1.165, 1.54) is 28.8 Å². The van der Waals surface area contributed by atoms with E-state index in [1.54, 1.807) is 0 Å². The average molecular weight is 272 g/mol. The van der Waals surface area contributed by atoms with Crippen LogP contribution in [0, 0.1) is 0 Å². The minimum atomic E-state index is -0.362. The molecule has 1 aliphatic rings. The van der Waals surface area contributed by atoms with Crippen molar-refractivity contribution >= 4 is 11.3 Å². The molecule has 2 atom stereocenters. The summed E-state index contributed by atoms with van der Waals surface area (Å²) in [5, 5.41) is 12.8. The molecular weight excluding hydrogens is 252 g/mol. The van der Waals surface area contributed by atoms with E-state index in [0.717, 1.165) is 18.4 Å². The van der Waals surface area contributed by atoms with Crippen molar-refractivity contribution < 1.29 is 5.11 Å². The van der Waals surface area contributed by atoms with E-state index >= 15 is 0 Å². The highest BCUT2D eigenvalue weighted by Gasteiger charge is 2.28. The third-order valence-corrected chi connectivity index (χ3v) is 5.21. The van der Waals surface area contributed by atoms with Crippen molar-refractivity contribution in [1.29, 1.82) is 0 Å². The zero-order valence-electron chi connectivity index (χ0n) is 11.3. The summed E-state index contributed by atoms with van der Waals surface area (Å²) in [6, 6.07) is 10.6. The van der Waals surface area contributed by atoms with Gasteiger partial charge in [0.25, 0.3) is 0 Å². The minimum Gasteiger partial charge on any atom is -0.388 e. The summed E-state index contributed by atoms with van der Waals surface area (Å²) in [5.74, 6) is 0.280. The van der Waals surface area contributed by atoms with E-state index in [-0.39, 0.29) is 12.0 Å². The predicted molar refractivity (Wildman–Crippen MR) is 80.8 cm³/mol. The number of benzene rings is 1. The van der Waals surface area contributed by atoms with Crippen LogP contribution in [0.5, 0.6) is 0 Å². The topological polar surface area (TPSA) is 20.2 Å². The fourth-order valence-electron chi connectivity index (χ4n) is 3.03. The summed E-state index contributed by atoms with van der Waals surface area (Å²) in [4.78, 5) is 1.47. The molecule has 0 radical (unpaired) electrons. The summed E-state index contributed by atoms with van der Waals surface area (Å²) >= 11 is 1.84. The molecule has 1 aromatic heterocycles.